The van der Waals surface area contributed by atoms with E-state index in [0.717, 1.165) is 7.05 Å². The number of hydrogen-bond acceptors (Lipinski definition) is 6. The zero-order valence-electron chi connectivity index (χ0n) is 14.7. The van der Waals surface area contributed by atoms with Crippen LogP contribution >= 0.6 is 0 Å². The van der Waals surface area contributed by atoms with Crippen molar-refractivity contribution in [1.82, 2.24) is 9.13 Å². The van der Waals surface area contributed by atoms with Gasteiger partial charge in [0, 0.05) is 32.0 Å². The van der Waals surface area contributed by atoms with Gasteiger partial charge in [-0.25, -0.2) is 14.2 Å². The van der Waals surface area contributed by atoms with E-state index in [1.54, 1.807) is 0 Å². The minimum absolute atomic E-state index is 0.0269. The first-order valence-corrected chi connectivity index (χ1v) is 8.02. The molecule has 0 N–H and O–H groups in total. The Labute approximate surface area is 155 Å². The van der Waals surface area contributed by atoms with Gasteiger partial charge in [0.05, 0.1) is 18.0 Å². The molecule has 3 rings (SSSR count). The summed E-state index contributed by atoms with van der Waals surface area (Å²) in [5.74, 6) is -0.262. The fourth-order valence-corrected chi connectivity index (χ4v) is 2.75. The molecule has 0 saturated carbocycles. The third-order valence-corrected chi connectivity index (χ3v) is 4.02. The van der Waals surface area contributed by atoms with Gasteiger partial charge in [0.25, 0.3) is 5.56 Å². The number of hydrogen-bond donors (Lipinski definition) is 0. The fourth-order valence-electron chi connectivity index (χ4n) is 2.75. The van der Waals surface area contributed by atoms with Gasteiger partial charge in [-0.2, -0.15) is 13.2 Å². The van der Waals surface area contributed by atoms with Gasteiger partial charge in [-0.3, -0.25) is 9.36 Å². The average molecular weight is 397 g/mol. The van der Waals surface area contributed by atoms with E-state index in [2.05, 4.69) is 9.99 Å². The van der Waals surface area contributed by atoms with Crippen LogP contribution in [0, 0.1) is 0 Å². The van der Waals surface area contributed by atoms with Crippen molar-refractivity contribution in [2.45, 2.75) is 19.5 Å². The smallest absolute Gasteiger partial charge is 0.431 e. The van der Waals surface area contributed by atoms with Gasteiger partial charge in [0.1, 0.15) is 11.4 Å². The average Bonchev–Trinajstić information content (AvgIpc) is 2.62. The molecule has 0 aliphatic carbocycles. The Hall–Kier alpha value is -3.37. The Morgan fingerprint density at radius 3 is 2.61 bits per heavy atom. The summed E-state index contributed by atoms with van der Waals surface area (Å²) < 4.78 is 45.4. The molecule has 1 aliphatic rings. The fraction of sp³-hybridized carbons (Fsp3) is 0.294. The zero-order valence-corrected chi connectivity index (χ0v) is 14.7. The van der Waals surface area contributed by atoms with Gasteiger partial charge in [-0.1, -0.05) is 5.16 Å². The van der Waals surface area contributed by atoms with Crippen molar-refractivity contribution in [2.75, 3.05) is 6.61 Å². The number of benzene rings is 1. The van der Waals surface area contributed by atoms with E-state index in [1.165, 1.54) is 25.1 Å². The summed E-state index contributed by atoms with van der Waals surface area (Å²) in [7, 11) is 0.927. The molecule has 8 nitrogen and oxygen atoms in total. The predicted octanol–water partition coefficient (Wildman–Crippen LogP) is 1.60. The van der Waals surface area contributed by atoms with Gasteiger partial charge < -0.3 is 9.57 Å². The molecule has 1 aromatic carbocycles. The molecule has 0 saturated heterocycles. The second kappa shape index (κ2) is 6.98. The van der Waals surface area contributed by atoms with E-state index in [1.807, 2.05) is 0 Å². The molecule has 2 aromatic rings. The number of carbonyl (C=O) groups is 1. The lowest BCUT2D eigenvalue weighted by molar-refractivity contribution is -0.144. The molecule has 1 aliphatic heterocycles. The van der Waals surface area contributed by atoms with Gasteiger partial charge in [-0.15, -0.1) is 0 Å². The second-order valence-corrected chi connectivity index (χ2v) is 5.94. The minimum atomic E-state index is -4.85. The third-order valence-electron chi connectivity index (χ3n) is 4.02. The monoisotopic (exact) mass is 397 g/mol. The second-order valence-electron chi connectivity index (χ2n) is 5.94. The van der Waals surface area contributed by atoms with E-state index in [4.69, 9.17) is 4.74 Å². The van der Waals surface area contributed by atoms with Crippen LogP contribution in [0.3, 0.4) is 0 Å². The molecule has 2 heterocycles. The molecule has 0 atom stereocenters. The lowest BCUT2D eigenvalue weighted by atomic mass is 10.0. The third kappa shape index (κ3) is 3.55. The summed E-state index contributed by atoms with van der Waals surface area (Å²) in [5.41, 5.74) is -2.91. The molecule has 0 radical (unpaired) electrons. The Kier molecular flexibility index (Phi) is 4.84. The summed E-state index contributed by atoms with van der Waals surface area (Å²) >= 11 is 0. The maximum absolute atomic E-state index is 13.0. The molecule has 0 unspecified atom stereocenters. The van der Waals surface area contributed by atoms with Crippen molar-refractivity contribution in [2.24, 2.45) is 12.2 Å². The van der Waals surface area contributed by atoms with Crippen LogP contribution in [0.2, 0.25) is 0 Å². The lowest BCUT2D eigenvalue weighted by Crippen LogP contribution is -2.40. The lowest BCUT2D eigenvalue weighted by Gasteiger charge is -2.20. The van der Waals surface area contributed by atoms with Gasteiger partial charge in [0.15, 0.2) is 0 Å². The first-order chi connectivity index (χ1) is 13.1. The number of rotatable bonds is 2. The van der Waals surface area contributed by atoms with Crippen LogP contribution in [-0.2, 0) is 22.9 Å². The van der Waals surface area contributed by atoms with E-state index < -0.39 is 29.1 Å². The first-order valence-electron chi connectivity index (χ1n) is 8.02. The highest BCUT2D eigenvalue weighted by Crippen LogP contribution is 2.28. The van der Waals surface area contributed by atoms with Crippen LogP contribution in [0.25, 0.3) is 5.69 Å². The highest BCUT2D eigenvalue weighted by atomic mass is 19.4. The Morgan fingerprint density at radius 2 is 1.96 bits per heavy atom. The van der Waals surface area contributed by atoms with Crippen LogP contribution in [-0.4, -0.2) is 27.4 Å². The molecule has 0 fully saturated rings. The largest absolute Gasteiger partial charge is 0.492 e. The van der Waals surface area contributed by atoms with Crippen LogP contribution in [0.15, 0.2) is 39.0 Å². The summed E-state index contributed by atoms with van der Waals surface area (Å²) in [6.07, 6.45) is -4.55. The standard InChI is InChI=1S/C17H14F3N3O5/c1-9(24)28-21-12-5-6-27-13-4-3-10(7-11(12)13)23-15(25)8-14(17(18,19)20)22(2)16(23)26/h3-4,7-8H,5-6H2,1-2H3/b21-12+. The summed E-state index contributed by atoms with van der Waals surface area (Å²) in [5, 5.41) is 3.74. The predicted molar refractivity (Wildman–Crippen MR) is 90.7 cm³/mol. The molecule has 1 aromatic heterocycles. The van der Waals surface area contributed by atoms with Crippen molar-refractivity contribution in [3.8, 4) is 11.4 Å². The number of aromatic nitrogens is 2. The highest BCUT2D eigenvalue weighted by molar-refractivity contribution is 6.04. The molecule has 28 heavy (non-hydrogen) atoms. The number of nitrogens with zero attached hydrogens (tertiary/aromatic N) is 3. The Bertz CT molecular complexity index is 1100. The zero-order chi connectivity index (χ0) is 20.6. The van der Waals surface area contributed by atoms with Crippen molar-refractivity contribution < 1.29 is 27.5 Å². The minimum Gasteiger partial charge on any atom is -0.492 e. The normalized spacial score (nSPS) is 15.1. The van der Waals surface area contributed by atoms with Gasteiger partial charge in [0.2, 0.25) is 0 Å². The van der Waals surface area contributed by atoms with E-state index in [-0.39, 0.29) is 12.3 Å². The van der Waals surface area contributed by atoms with Crippen LogP contribution in [0.5, 0.6) is 5.75 Å². The maximum atomic E-state index is 13.0. The SMILES string of the molecule is CC(=O)O/N=C1\CCOc2ccc(-n3c(=O)cc(C(F)(F)F)n(C)c3=O)cc21. The molecule has 0 amide bonds. The quantitative estimate of drug-likeness (QED) is 0.567. The number of halogens is 3. The van der Waals surface area contributed by atoms with E-state index in [0.29, 0.717) is 38.6 Å². The van der Waals surface area contributed by atoms with Crippen LogP contribution in [0.4, 0.5) is 13.2 Å². The Balaban J connectivity index is 2.17. The van der Waals surface area contributed by atoms with Crippen molar-refractivity contribution in [3.05, 3.63) is 56.4 Å². The van der Waals surface area contributed by atoms with Crippen LogP contribution in [0.1, 0.15) is 24.6 Å². The Morgan fingerprint density at radius 1 is 1.25 bits per heavy atom. The van der Waals surface area contributed by atoms with Crippen molar-refractivity contribution in [3.63, 3.8) is 0 Å². The molecular weight excluding hydrogens is 383 g/mol. The van der Waals surface area contributed by atoms with E-state index in [9.17, 15) is 27.6 Å². The summed E-state index contributed by atoms with van der Waals surface area (Å²) in [4.78, 5) is 40.3. The molecule has 11 heteroatoms. The number of oxime groups is 1. The van der Waals surface area contributed by atoms with Gasteiger partial charge >= 0.3 is 17.8 Å². The van der Waals surface area contributed by atoms with Crippen molar-refractivity contribution in [1.29, 1.82) is 0 Å². The summed E-state index contributed by atoms with van der Waals surface area (Å²) in [6, 6.07) is 4.54. The maximum Gasteiger partial charge on any atom is 0.431 e. The first kappa shape index (κ1) is 19.4. The number of alkyl halides is 3. The molecular formula is C17H14F3N3O5. The highest BCUT2D eigenvalue weighted by Gasteiger charge is 2.35. The molecule has 148 valence electrons. The topological polar surface area (TPSA) is 91.9 Å². The summed E-state index contributed by atoms with van der Waals surface area (Å²) in [6.45, 7) is 1.45. The number of carbonyl (C=O) groups excluding carboxylic acids is 1. The molecule has 0 bridgehead atoms. The van der Waals surface area contributed by atoms with E-state index >= 15 is 0 Å². The number of ether oxygens (including phenoxy) is 1. The van der Waals surface area contributed by atoms with Crippen LogP contribution < -0.4 is 16.0 Å². The van der Waals surface area contributed by atoms with Gasteiger partial charge in [-0.05, 0) is 18.2 Å². The number of fused-ring (bicyclic) bond motifs is 1. The molecule has 0 spiro atoms. The van der Waals surface area contributed by atoms with Crippen molar-refractivity contribution >= 4 is 11.7 Å².